The molecule has 1 N–H and O–H groups in total. The Morgan fingerprint density at radius 2 is 2.10 bits per heavy atom. The maximum absolute atomic E-state index is 13.0. The predicted molar refractivity (Wildman–Crippen MR) is 85.9 cm³/mol. The molecule has 21 heavy (non-hydrogen) atoms. The van der Waals surface area contributed by atoms with Gasteiger partial charge in [-0.25, -0.2) is 13.8 Å². The van der Waals surface area contributed by atoms with Crippen LogP contribution < -0.4 is 0 Å². The molecule has 0 spiro atoms. The van der Waals surface area contributed by atoms with Crippen LogP contribution in [-0.4, -0.2) is 29.6 Å². The second-order valence-corrected chi connectivity index (χ2v) is 5.05. The number of allylic oxidation sites excluding steroid dienone is 5. The van der Waals surface area contributed by atoms with E-state index in [-0.39, 0.29) is 23.7 Å². The van der Waals surface area contributed by atoms with Crippen LogP contribution in [0.5, 0.6) is 0 Å². The van der Waals surface area contributed by atoms with Gasteiger partial charge in [0, 0.05) is 15.9 Å². The number of hydrogen-bond acceptors (Lipinski definition) is 3. The van der Waals surface area contributed by atoms with Gasteiger partial charge in [-0.3, -0.25) is 0 Å². The summed E-state index contributed by atoms with van der Waals surface area (Å²) in [6.45, 7) is 7.30. The number of aliphatic hydroxyl groups is 1. The number of rotatable bonds is 9. The Labute approximate surface area is 133 Å². The fourth-order valence-corrected chi connectivity index (χ4v) is 1.78. The molecule has 0 heterocycles. The molecule has 0 unspecified atom stereocenters. The number of ether oxygens (including phenoxy) is 1. The average Bonchev–Trinajstić information content (AvgIpc) is 2.45. The Kier molecular flexibility index (Phi) is 11.1. The molecule has 0 aliphatic carbocycles. The lowest BCUT2D eigenvalue weighted by Gasteiger charge is -2.09. The molecule has 3 nitrogen and oxygen atoms in total. The second-order valence-electron chi connectivity index (χ2n) is 4.37. The van der Waals surface area contributed by atoms with E-state index in [4.69, 9.17) is 9.84 Å². The lowest BCUT2D eigenvalue weighted by Crippen LogP contribution is -2.06. The molecule has 0 atom stereocenters. The highest BCUT2D eigenvalue weighted by Gasteiger charge is 2.15. The number of aliphatic imine (C=N–C) groups is 1. The van der Waals surface area contributed by atoms with E-state index in [0.29, 0.717) is 18.4 Å². The van der Waals surface area contributed by atoms with Crippen LogP contribution in [0, 0.1) is 0 Å². The van der Waals surface area contributed by atoms with Crippen LogP contribution in [0.4, 0.5) is 8.78 Å². The van der Waals surface area contributed by atoms with Crippen molar-refractivity contribution < 1.29 is 18.6 Å². The van der Waals surface area contributed by atoms with Crippen LogP contribution in [0.1, 0.15) is 33.1 Å². The molecule has 0 aromatic heterocycles. The van der Waals surface area contributed by atoms with Gasteiger partial charge in [-0.1, -0.05) is 31.2 Å². The van der Waals surface area contributed by atoms with Gasteiger partial charge < -0.3 is 9.84 Å². The number of halogens is 3. The van der Waals surface area contributed by atoms with Gasteiger partial charge in [0.1, 0.15) is 12.3 Å². The van der Waals surface area contributed by atoms with Gasteiger partial charge in [0.2, 0.25) is 0 Å². The molecule has 0 saturated carbocycles. The summed E-state index contributed by atoms with van der Waals surface area (Å²) in [4.78, 5) is 3.68. The van der Waals surface area contributed by atoms with Crippen LogP contribution in [0.2, 0.25) is 0 Å². The summed E-state index contributed by atoms with van der Waals surface area (Å²) in [7, 11) is 0. The quantitative estimate of drug-likeness (QED) is 0.369. The molecule has 0 bridgehead atoms. The highest BCUT2D eigenvalue weighted by molar-refractivity contribution is 9.18. The van der Waals surface area contributed by atoms with Gasteiger partial charge in [-0.15, -0.1) is 0 Å². The molecule has 0 fully saturated rings. The Morgan fingerprint density at radius 3 is 2.62 bits per heavy atom. The third-order valence-electron chi connectivity index (χ3n) is 2.58. The molecule has 0 amide bonds. The van der Waals surface area contributed by atoms with Gasteiger partial charge in [-0.05, 0) is 31.8 Å². The van der Waals surface area contributed by atoms with E-state index in [0.717, 1.165) is 12.0 Å². The Hall–Kier alpha value is -1.01. The molecular formula is C15H22BrF2NO2. The zero-order valence-corrected chi connectivity index (χ0v) is 14.0. The minimum absolute atomic E-state index is 0.00172. The van der Waals surface area contributed by atoms with E-state index in [1.165, 1.54) is 0 Å². The summed E-state index contributed by atoms with van der Waals surface area (Å²) in [6.07, 6.45) is 3.16. The van der Waals surface area contributed by atoms with E-state index in [9.17, 15) is 8.78 Å². The highest BCUT2D eigenvalue weighted by atomic mass is 79.9. The normalized spacial score (nSPS) is 13.8. The molecule has 0 rings (SSSR count). The van der Waals surface area contributed by atoms with Crippen LogP contribution in [0.3, 0.4) is 0 Å². The second kappa shape index (κ2) is 11.6. The highest BCUT2D eigenvalue weighted by Crippen LogP contribution is 2.22. The third kappa shape index (κ3) is 9.52. The smallest absolute Gasteiger partial charge is 0.280 e. The van der Waals surface area contributed by atoms with Gasteiger partial charge in [0.15, 0.2) is 0 Å². The van der Waals surface area contributed by atoms with Gasteiger partial charge >= 0.3 is 0 Å². The van der Waals surface area contributed by atoms with E-state index < -0.39 is 6.43 Å². The fraction of sp³-hybridized carbons (Fsp3) is 0.533. The number of alkyl halides is 2. The molecule has 0 saturated heterocycles. The molecule has 6 heteroatoms. The SMILES string of the molecule is C=C(/C=C\CC)CC/C(C)=C(\N=C(Br)OCCO)C(F)F. The summed E-state index contributed by atoms with van der Waals surface area (Å²) in [6, 6.07) is 0. The van der Waals surface area contributed by atoms with Crippen molar-refractivity contribution in [2.24, 2.45) is 4.99 Å². The van der Waals surface area contributed by atoms with E-state index in [1.807, 2.05) is 19.1 Å². The molecule has 120 valence electrons. The first kappa shape index (κ1) is 20.0. The van der Waals surface area contributed by atoms with E-state index in [2.05, 4.69) is 27.5 Å². The van der Waals surface area contributed by atoms with Crippen molar-refractivity contribution in [3.63, 3.8) is 0 Å². The number of nitrogens with zero attached hydrogens (tertiary/aromatic N) is 1. The number of aliphatic hydroxyl groups excluding tert-OH is 1. The zero-order valence-electron chi connectivity index (χ0n) is 12.4. The van der Waals surface area contributed by atoms with Crippen molar-refractivity contribution in [2.75, 3.05) is 13.2 Å². The van der Waals surface area contributed by atoms with Crippen molar-refractivity contribution >= 4 is 20.7 Å². The molecule has 0 radical (unpaired) electrons. The minimum atomic E-state index is -2.69. The van der Waals surface area contributed by atoms with Crippen molar-refractivity contribution in [3.8, 4) is 0 Å². The summed E-state index contributed by atoms with van der Waals surface area (Å²) in [5.74, 6) is 0. The fourth-order valence-electron chi connectivity index (χ4n) is 1.43. The first-order valence-corrected chi connectivity index (χ1v) is 7.51. The summed E-state index contributed by atoms with van der Waals surface area (Å²) >= 11 is 2.95. The zero-order chi connectivity index (χ0) is 16.3. The Morgan fingerprint density at radius 1 is 1.43 bits per heavy atom. The summed E-state index contributed by atoms with van der Waals surface area (Å²) in [5, 5.41) is 8.61. The Bertz CT molecular complexity index is 418. The van der Waals surface area contributed by atoms with Crippen LogP contribution >= 0.6 is 15.9 Å². The number of hydrogen-bond donors (Lipinski definition) is 1. The van der Waals surface area contributed by atoms with Crippen LogP contribution in [0.25, 0.3) is 0 Å². The summed E-state index contributed by atoms with van der Waals surface area (Å²) < 4.78 is 31.0. The van der Waals surface area contributed by atoms with Crippen molar-refractivity contribution in [1.29, 1.82) is 0 Å². The molecular weight excluding hydrogens is 344 g/mol. The van der Waals surface area contributed by atoms with Gasteiger partial charge in [-0.2, -0.15) is 0 Å². The monoisotopic (exact) mass is 365 g/mol. The van der Waals surface area contributed by atoms with Crippen LogP contribution in [0.15, 0.2) is 40.6 Å². The topological polar surface area (TPSA) is 41.8 Å². The first-order chi connectivity index (χ1) is 9.92. The summed E-state index contributed by atoms with van der Waals surface area (Å²) in [5.41, 5.74) is 1.07. The van der Waals surface area contributed by atoms with E-state index in [1.54, 1.807) is 6.92 Å². The van der Waals surface area contributed by atoms with Gasteiger partial charge in [0.05, 0.1) is 6.61 Å². The minimum Gasteiger partial charge on any atom is -0.470 e. The maximum Gasteiger partial charge on any atom is 0.280 e. The average molecular weight is 366 g/mol. The Balaban J connectivity index is 4.81. The standard InChI is InChI=1S/C15H22BrF2NO2/c1-4-5-6-11(2)7-8-12(3)13(14(17)18)19-15(16)21-10-9-20/h5-6,14,20H,2,4,7-10H2,1,3H3/b6-5-,13-12-,19-15?. The predicted octanol–water partition coefficient (Wildman–Crippen LogP) is 4.59. The third-order valence-corrected chi connectivity index (χ3v) is 2.98. The van der Waals surface area contributed by atoms with Crippen LogP contribution in [-0.2, 0) is 4.74 Å². The lowest BCUT2D eigenvalue weighted by atomic mass is 10.0. The largest absolute Gasteiger partial charge is 0.470 e. The lowest BCUT2D eigenvalue weighted by molar-refractivity contribution is 0.182. The molecule has 0 aliphatic rings. The molecule has 0 aromatic rings. The molecule has 0 aliphatic heterocycles. The van der Waals surface area contributed by atoms with Gasteiger partial charge in [0.25, 0.3) is 11.2 Å². The maximum atomic E-state index is 13.0. The molecule has 0 aromatic carbocycles. The van der Waals surface area contributed by atoms with E-state index >= 15 is 0 Å². The van der Waals surface area contributed by atoms with Crippen molar-refractivity contribution in [2.45, 2.75) is 39.5 Å². The van der Waals surface area contributed by atoms with Crippen molar-refractivity contribution in [1.82, 2.24) is 0 Å². The van der Waals surface area contributed by atoms with Crippen molar-refractivity contribution in [3.05, 3.63) is 35.6 Å². The first-order valence-electron chi connectivity index (χ1n) is 6.72.